The highest BCUT2D eigenvalue weighted by Gasteiger charge is 2.40. The Morgan fingerprint density at radius 2 is 2.00 bits per heavy atom. The van der Waals surface area contributed by atoms with Gasteiger partial charge in [0.05, 0.1) is 11.7 Å². The molecule has 3 unspecified atom stereocenters. The molecule has 1 aliphatic carbocycles. The molecule has 2 aromatic carbocycles. The van der Waals surface area contributed by atoms with Gasteiger partial charge in [0.25, 0.3) is 0 Å². The zero-order valence-corrected chi connectivity index (χ0v) is 14.2. The van der Waals surface area contributed by atoms with Crippen molar-refractivity contribution in [1.82, 2.24) is 0 Å². The van der Waals surface area contributed by atoms with E-state index in [1.54, 1.807) is 6.07 Å². The van der Waals surface area contributed by atoms with Crippen LogP contribution in [-0.4, -0.2) is 5.11 Å². The standard InChI is InChI=1S/C21H24N2O/c1-3-13-7-9-14(10-8-13)20-16-6-4-5-15(16)18-19(22)12(2)11-17(24)21(18)23-20/h4-5,7-11,15-16,20,23-24H,3,6,22H2,1-2H3. The van der Waals surface area contributed by atoms with Crippen molar-refractivity contribution < 1.29 is 5.11 Å². The third kappa shape index (κ3) is 2.19. The lowest BCUT2D eigenvalue weighted by molar-refractivity contribution is 0.415. The maximum absolute atomic E-state index is 10.5. The second-order valence-corrected chi connectivity index (χ2v) is 6.99. The summed E-state index contributed by atoms with van der Waals surface area (Å²) in [6, 6.07) is 10.8. The lowest BCUT2D eigenvalue weighted by Gasteiger charge is -2.38. The van der Waals surface area contributed by atoms with Gasteiger partial charge in [-0.2, -0.15) is 0 Å². The van der Waals surface area contributed by atoms with Crippen LogP contribution in [-0.2, 0) is 6.42 Å². The number of benzene rings is 2. The fourth-order valence-corrected chi connectivity index (χ4v) is 4.22. The van der Waals surface area contributed by atoms with Crippen molar-refractivity contribution in [1.29, 1.82) is 0 Å². The van der Waals surface area contributed by atoms with E-state index in [1.165, 1.54) is 11.1 Å². The number of hydrogen-bond acceptors (Lipinski definition) is 3. The summed E-state index contributed by atoms with van der Waals surface area (Å²) >= 11 is 0. The molecule has 0 amide bonds. The van der Waals surface area contributed by atoms with Crippen LogP contribution in [0.5, 0.6) is 5.75 Å². The van der Waals surface area contributed by atoms with Crippen molar-refractivity contribution in [3.8, 4) is 5.75 Å². The fraction of sp³-hybridized carbons (Fsp3) is 0.333. The Balaban J connectivity index is 1.81. The zero-order valence-electron chi connectivity index (χ0n) is 14.2. The van der Waals surface area contributed by atoms with Crippen molar-refractivity contribution in [3.63, 3.8) is 0 Å². The molecule has 0 fully saturated rings. The van der Waals surface area contributed by atoms with E-state index in [0.717, 1.165) is 35.3 Å². The molecular weight excluding hydrogens is 296 g/mol. The predicted molar refractivity (Wildman–Crippen MR) is 99.4 cm³/mol. The number of nitrogen functional groups attached to an aromatic ring is 1. The third-order valence-corrected chi connectivity index (χ3v) is 5.62. The molecular formula is C21H24N2O. The number of fused-ring (bicyclic) bond motifs is 3. The Labute approximate surface area is 143 Å². The Bertz CT molecular complexity index is 808. The summed E-state index contributed by atoms with van der Waals surface area (Å²) in [5.74, 6) is 1.00. The zero-order chi connectivity index (χ0) is 16.8. The van der Waals surface area contributed by atoms with Crippen molar-refractivity contribution >= 4 is 11.4 Å². The average molecular weight is 320 g/mol. The lowest BCUT2D eigenvalue weighted by atomic mass is 9.75. The Morgan fingerprint density at radius 3 is 2.71 bits per heavy atom. The number of nitrogens with two attached hydrogens (primary N) is 1. The number of rotatable bonds is 2. The summed E-state index contributed by atoms with van der Waals surface area (Å²) in [5, 5.41) is 14.1. The number of phenolic OH excluding ortho intramolecular Hbond substituents is 1. The number of anilines is 2. The van der Waals surface area contributed by atoms with Gasteiger partial charge in [-0.3, -0.25) is 0 Å². The number of phenols is 1. The normalized spacial score (nSPS) is 24.3. The van der Waals surface area contributed by atoms with Gasteiger partial charge >= 0.3 is 0 Å². The minimum Gasteiger partial charge on any atom is -0.506 e. The molecule has 0 spiro atoms. The van der Waals surface area contributed by atoms with Gasteiger partial charge in [-0.25, -0.2) is 0 Å². The Kier molecular flexibility index (Phi) is 3.52. The van der Waals surface area contributed by atoms with E-state index in [4.69, 9.17) is 5.73 Å². The molecule has 0 saturated heterocycles. The first-order valence-electron chi connectivity index (χ1n) is 8.74. The molecule has 1 aliphatic heterocycles. The fourth-order valence-electron chi connectivity index (χ4n) is 4.22. The molecule has 3 heteroatoms. The quantitative estimate of drug-likeness (QED) is 0.326. The number of aromatic hydroxyl groups is 1. The van der Waals surface area contributed by atoms with Gasteiger partial charge < -0.3 is 16.2 Å². The van der Waals surface area contributed by atoms with Crippen LogP contribution in [0.4, 0.5) is 11.4 Å². The Morgan fingerprint density at radius 1 is 1.25 bits per heavy atom. The molecule has 0 saturated carbocycles. The second kappa shape index (κ2) is 5.59. The van der Waals surface area contributed by atoms with Crippen LogP contribution in [0.1, 0.15) is 47.6 Å². The molecule has 3 nitrogen and oxygen atoms in total. The average Bonchev–Trinajstić information content (AvgIpc) is 3.08. The van der Waals surface area contributed by atoms with Crippen molar-refractivity contribution in [3.05, 3.63) is 64.7 Å². The number of nitrogens with one attached hydrogen (secondary N) is 1. The molecule has 124 valence electrons. The summed E-state index contributed by atoms with van der Waals surface area (Å²) in [6.07, 6.45) is 6.59. The highest BCUT2D eigenvalue weighted by molar-refractivity contribution is 5.77. The van der Waals surface area contributed by atoms with Crippen LogP contribution in [0.25, 0.3) is 0 Å². The van der Waals surface area contributed by atoms with E-state index < -0.39 is 0 Å². The van der Waals surface area contributed by atoms with E-state index in [0.29, 0.717) is 11.7 Å². The van der Waals surface area contributed by atoms with Crippen LogP contribution in [0, 0.1) is 12.8 Å². The van der Waals surface area contributed by atoms with Crippen molar-refractivity contribution in [2.75, 3.05) is 11.1 Å². The summed E-state index contributed by atoms with van der Waals surface area (Å²) in [4.78, 5) is 0. The van der Waals surface area contributed by atoms with Crippen LogP contribution < -0.4 is 11.1 Å². The summed E-state index contributed by atoms with van der Waals surface area (Å²) < 4.78 is 0. The van der Waals surface area contributed by atoms with Gasteiger partial charge in [0, 0.05) is 17.2 Å². The van der Waals surface area contributed by atoms with Gasteiger partial charge in [0.1, 0.15) is 5.75 Å². The summed E-state index contributed by atoms with van der Waals surface area (Å²) in [5.41, 5.74) is 12.6. The Hall–Kier alpha value is -2.42. The van der Waals surface area contributed by atoms with Gasteiger partial charge in [-0.1, -0.05) is 43.3 Å². The smallest absolute Gasteiger partial charge is 0.139 e. The first kappa shape index (κ1) is 15.1. The predicted octanol–water partition coefficient (Wildman–Crippen LogP) is 4.67. The van der Waals surface area contributed by atoms with E-state index in [-0.39, 0.29) is 12.0 Å². The van der Waals surface area contributed by atoms with Crippen molar-refractivity contribution in [2.24, 2.45) is 5.92 Å². The van der Waals surface area contributed by atoms with E-state index >= 15 is 0 Å². The summed E-state index contributed by atoms with van der Waals surface area (Å²) in [7, 11) is 0. The maximum atomic E-state index is 10.5. The number of allylic oxidation sites excluding steroid dienone is 2. The van der Waals surface area contributed by atoms with Crippen LogP contribution in [0.2, 0.25) is 0 Å². The highest BCUT2D eigenvalue weighted by Crippen LogP contribution is 2.54. The van der Waals surface area contributed by atoms with Gasteiger partial charge in [0.15, 0.2) is 0 Å². The first-order chi connectivity index (χ1) is 11.6. The largest absolute Gasteiger partial charge is 0.506 e. The molecule has 4 N–H and O–H groups in total. The van der Waals surface area contributed by atoms with Crippen molar-refractivity contribution in [2.45, 2.75) is 38.6 Å². The monoisotopic (exact) mass is 320 g/mol. The minimum atomic E-state index is 0.191. The molecule has 0 radical (unpaired) electrons. The van der Waals surface area contributed by atoms with E-state index in [2.05, 4.69) is 48.7 Å². The van der Waals surface area contributed by atoms with Crippen LogP contribution in [0.15, 0.2) is 42.5 Å². The van der Waals surface area contributed by atoms with E-state index in [1.807, 2.05) is 6.92 Å². The molecule has 3 atom stereocenters. The molecule has 1 heterocycles. The SMILES string of the molecule is CCc1ccc(C2Nc3c(O)cc(C)c(N)c3C3C=CCC32)cc1. The molecule has 0 bridgehead atoms. The van der Waals surface area contributed by atoms with Crippen LogP contribution in [0.3, 0.4) is 0 Å². The van der Waals surface area contributed by atoms with Gasteiger partial charge in [0.2, 0.25) is 0 Å². The third-order valence-electron chi connectivity index (χ3n) is 5.62. The van der Waals surface area contributed by atoms with E-state index in [9.17, 15) is 5.11 Å². The van der Waals surface area contributed by atoms with Gasteiger partial charge in [-0.05, 0) is 48.4 Å². The number of hydrogen-bond donors (Lipinski definition) is 3. The molecule has 24 heavy (non-hydrogen) atoms. The highest BCUT2D eigenvalue weighted by atomic mass is 16.3. The minimum absolute atomic E-state index is 0.191. The number of aryl methyl sites for hydroxylation is 2. The summed E-state index contributed by atoms with van der Waals surface area (Å²) in [6.45, 7) is 4.13. The molecule has 4 rings (SSSR count). The van der Waals surface area contributed by atoms with Crippen LogP contribution >= 0.6 is 0 Å². The molecule has 0 aromatic heterocycles. The van der Waals surface area contributed by atoms with Gasteiger partial charge in [-0.15, -0.1) is 0 Å². The lowest BCUT2D eigenvalue weighted by Crippen LogP contribution is -2.30. The topological polar surface area (TPSA) is 58.3 Å². The molecule has 2 aromatic rings. The first-order valence-corrected chi connectivity index (χ1v) is 8.74. The second-order valence-electron chi connectivity index (χ2n) is 6.99. The maximum Gasteiger partial charge on any atom is 0.139 e. The molecule has 2 aliphatic rings.